The Kier molecular flexibility index (Phi) is 3.25. The highest BCUT2D eigenvalue weighted by Gasteiger charge is 2.24. The molecule has 1 aliphatic rings. The smallest absolute Gasteiger partial charge is 0.133 e. The van der Waals surface area contributed by atoms with Gasteiger partial charge < -0.3 is 9.26 Å². The lowest BCUT2D eigenvalue weighted by molar-refractivity contribution is 0.208. The molecule has 0 radical (unpaired) electrons. The summed E-state index contributed by atoms with van der Waals surface area (Å²) in [4.78, 5) is 0. The SMILES string of the molecule is N#Cc1ccc2c(c1)CC[C@H]2Oc1ccc2[nH]nc(-c3cnoc3)c2c1. The molecule has 26 heavy (non-hydrogen) atoms. The Morgan fingerprint density at radius 1 is 1.23 bits per heavy atom. The Morgan fingerprint density at radius 2 is 2.19 bits per heavy atom. The Hall–Kier alpha value is -3.59. The largest absolute Gasteiger partial charge is 0.486 e. The van der Waals surface area contributed by atoms with Gasteiger partial charge in [0.05, 0.1) is 28.9 Å². The monoisotopic (exact) mass is 342 g/mol. The van der Waals surface area contributed by atoms with Crippen LogP contribution in [-0.4, -0.2) is 15.4 Å². The summed E-state index contributed by atoms with van der Waals surface area (Å²) in [6.07, 6.45) is 5.05. The van der Waals surface area contributed by atoms with Crippen molar-refractivity contribution >= 4 is 10.9 Å². The standard InChI is InChI=1S/C20H14N4O2/c21-9-12-1-4-16-13(7-12)2-6-19(16)26-15-3-5-18-17(8-15)20(24-23-18)14-10-22-25-11-14/h1,3-5,7-8,10-11,19H,2,6H2,(H,23,24)/t19-/m1/s1. The van der Waals surface area contributed by atoms with Crippen LogP contribution in [-0.2, 0) is 6.42 Å². The minimum Gasteiger partial charge on any atom is -0.486 e. The predicted octanol–water partition coefficient (Wildman–Crippen LogP) is 4.16. The predicted molar refractivity (Wildman–Crippen MR) is 94.4 cm³/mol. The molecule has 6 heteroatoms. The number of aromatic nitrogens is 3. The van der Waals surface area contributed by atoms with Crippen LogP contribution < -0.4 is 4.74 Å². The highest BCUT2D eigenvalue weighted by atomic mass is 16.5. The average Bonchev–Trinajstić information content (AvgIpc) is 3.40. The first kappa shape index (κ1) is 14.7. The zero-order chi connectivity index (χ0) is 17.5. The number of benzene rings is 2. The van der Waals surface area contributed by atoms with Gasteiger partial charge in [-0.15, -0.1) is 0 Å². The average molecular weight is 342 g/mol. The highest BCUT2D eigenvalue weighted by molar-refractivity contribution is 5.93. The van der Waals surface area contributed by atoms with Gasteiger partial charge in [0, 0.05) is 5.39 Å². The van der Waals surface area contributed by atoms with Gasteiger partial charge in [-0.2, -0.15) is 10.4 Å². The second kappa shape index (κ2) is 5.74. The lowest BCUT2D eigenvalue weighted by Gasteiger charge is -2.15. The first-order valence-corrected chi connectivity index (χ1v) is 8.39. The number of rotatable bonds is 3. The third kappa shape index (κ3) is 2.33. The van der Waals surface area contributed by atoms with Gasteiger partial charge in [-0.25, -0.2) is 0 Å². The molecular weight excluding hydrogens is 328 g/mol. The van der Waals surface area contributed by atoms with E-state index in [2.05, 4.69) is 21.4 Å². The fourth-order valence-electron chi connectivity index (χ4n) is 3.54. The van der Waals surface area contributed by atoms with Crippen molar-refractivity contribution < 1.29 is 9.26 Å². The Morgan fingerprint density at radius 3 is 3.04 bits per heavy atom. The number of nitrogens with one attached hydrogen (secondary N) is 1. The Labute approximate surface area is 149 Å². The molecule has 2 aromatic carbocycles. The first-order chi connectivity index (χ1) is 12.8. The molecular formula is C20H14N4O2. The number of hydrogen-bond acceptors (Lipinski definition) is 5. The highest BCUT2D eigenvalue weighted by Crippen LogP contribution is 2.37. The summed E-state index contributed by atoms with van der Waals surface area (Å²) in [6.45, 7) is 0. The van der Waals surface area contributed by atoms with E-state index < -0.39 is 0 Å². The molecule has 6 nitrogen and oxygen atoms in total. The molecule has 1 atom stereocenters. The molecule has 126 valence electrons. The molecule has 2 aromatic heterocycles. The van der Waals surface area contributed by atoms with Crippen molar-refractivity contribution in [1.29, 1.82) is 5.26 Å². The zero-order valence-electron chi connectivity index (χ0n) is 13.8. The van der Waals surface area contributed by atoms with Crippen LogP contribution in [0.5, 0.6) is 5.75 Å². The van der Waals surface area contributed by atoms with Gasteiger partial charge in [0.2, 0.25) is 0 Å². The Bertz CT molecular complexity index is 1140. The lowest BCUT2D eigenvalue weighted by Crippen LogP contribution is -2.03. The minimum absolute atomic E-state index is 0.00105. The van der Waals surface area contributed by atoms with Crippen LogP contribution in [0.4, 0.5) is 0 Å². The molecule has 0 saturated heterocycles. The van der Waals surface area contributed by atoms with Gasteiger partial charge in [0.1, 0.15) is 23.8 Å². The number of ether oxygens (including phenoxy) is 1. The van der Waals surface area contributed by atoms with Crippen molar-refractivity contribution in [3.05, 3.63) is 65.5 Å². The van der Waals surface area contributed by atoms with Crippen LogP contribution in [0.2, 0.25) is 0 Å². The molecule has 2 heterocycles. The summed E-state index contributed by atoms with van der Waals surface area (Å²) in [7, 11) is 0. The number of nitriles is 1. The lowest BCUT2D eigenvalue weighted by atomic mass is 10.1. The van der Waals surface area contributed by atoms with E-state index in [9.17, 15) is 0 Å². The fraction of sp³-hybridized carbons (Fsp3) is 0.150. The van der Waals surface area contributed by atoms with Gasteiger partial charge in [0.25, 0.3) is 0 Å². The Balaban J connectivity index is 1.48. The van der Waals surface area contributed by atoms with Gasteiger partial charge in [-0.05, 0) is 54.3 Å². The fourth-order valence-corrected chi connectivity index (χ4v) is 3.54. The van der Waals surface area contributed by atoms with Crippen molar-refractivity contribution in [2.75, 3.05) is 0 Å². The normalized spacial score (nSPS) is 15.7. The molecule has 4 aromatic rings. The summed E-state index contributed by atoms with van der Waals surface area (Å²) in [5.41, 5.74) is 5.60. The third-order valence-electron chi connectivity index (χ3n) is 4.81. The molecule has 0 unspecified atom stereocenters. The van der Waals surface area contributed by atoms with Gasteiger partial charge >= 0.3 is 0 Å². The molecule has 0 bridgehead atoms. The number of fused-ring (bicyclic) bond motifs is 2. The van der Waals surface area contributed by atoms with Crippen LogP contribution in [0, 0.1) is 11.3 Å². The van der Waals surface area contributed by atoms with Crippen LogP contribution in [0.15, 0.2) is 53.4 Å². The summed E-state index contributed by atoms with van der Waals surface area (Å²) in [5, 5.41) is 21.1. The summed E-state index contributed by atoms with van der Waals surface area (Å²) < 4.78 is 11.2. The maximum Gasteiger partial charge on any atom is 0.133 e. The van der Waals surface area contributed by atoms with Crippen molar-refractivity contribution in [1.82, 2.24) is 15.4 Å². The van der Waals surface area contributed by atoms with Gasteiger partial charge in [-0.1, -0.05) is 11.2 Å². The molecule has 0 amide bonds. The van der Waals surface area contributed by atoms with Crippen molar-refractivity contribution in [2.45, 2.75) is 18.9 Å². The maximum atomic E-state index is 9.05. The number of nitrogens with zero attached hydrogens (tertiary/aromatic N) is 3. The first-order valence-electron chi connectivity index (χ1n) is 8.39. The maximum absolute atomic E-state index is 9.05. The third-order valence-corrected chi connectivity index (χ3v) is 4.81. The van der Waals surface area contributed by atoms with E-state index >= 15 is 0 Å². The van der Waals surface area contributed by atoms with Crippen molar-refractivity contribution in [2.24, 2.45) is 0 Å². The van der Waals surface area contributed by atoms with E-state index in [4.69, 9.17) is 14.5 Å². The van der Waals surface area contributed by atoms with Crippen molar-refractivity contribution in [3.8, 4) is 23.1 Å². The van der Waals surface area contributed by atoms with Gasteiger partial charge in [0.15, 0.2) is 0 Å². The zero-order valence-corrected chi connectivity index (χ0v) is 13.8. The summed E-state index contributed by atoms with van der Waals surface area (Å²) in [5.74, 6) is 0.791. The molecule has 5 rings (SSSR count). The second-order valence-corrected chi connectivity index (χ2v) is 6.36. The van der Waals surface area contributed by atoms with Crippen molar-refractivity contribution in [3.63, 3.8) is 0 Å². The second-order valence-electron chi connectivity index (χ2n) is 6.36. The summed E-state index contributed by atoms with van der Waals surface area (Å²) >= 11 is 0. The van der Waals surface area contributed by atoms with E-state index in [1.54, 1.807) is 12.5 Å². The van der Waals surface area contributed by atoms with E-state index in [1.807, 2.05) is 36.4 Å². The quantitative estimate of drug-likeness (QED) is 0.604. The number of aromatic amines is 1. The molecule has 0 aliphatic heterocycles. The van der Waals surface area contributed by atoms with Crippen LogP contribution in [0.3, 0.4) is 0 Å². The van der Waals surface area contributed by atoms with E-state index in [0.29, 0.717) is 5.56 Å². The number of aryl methyl sites for hydroxylation is 1. The summed E-state index contributed by atoms with van der Waals surface area (Å²) in [6, 6.07) is 13.9. The number of hydrogen-bond donors (Lipinski definition) is 1. The van der Waals surface area contributed by atoms with Crippen LogP contribution >= 0.6 is 0 Å². The van der Waals surface area contributed by atoms with E-state index in [0.717, 1.165) is 46.3 Å². The molecule has 1 aliphatic carbocycles. The molecule has 0 saturated carbocycles. The molecule has 0 fully saturated rings. The minimum atomic E-state index is 0.00105. The van der Waals surface area contributed by atoms with E-state index in [1.165, 1.54) is 5.56 Å². The molecule has 0 spiro atoms. The van der Waals surface area contributed by atoms with Gasteiger partial charge in [-0.3, -0.25) is 5.10 Å². The van der Waals surface area contributed by atoms with Crippen LogP contribution in [0.1, 0.15) is 29.2 Å². The number of H-pyrrole nitrogens is 1. The van der Waals surface area contributed by atoms with E-state index in [-0.39, 0.29) is 6.10 Å². The topological polar surface area (TPSA) is 87.7 Å². The van der Waals surface area contributed by atoms with Crippen LogP contribution in [0.25, 0.3) is 22.2 Å². The molecule has 1 N–H and O–H groups in total.